The van der Waals surface area contributed by atoms with Gasteiger partial charge in [-0.1, -0.05) is 84.0 Å². The van der Waals surface area contributed by atoms with Crippen molar-refractivity contribution in [2.24, 2.45) is 5.92 Å². The summed E-state index contributed by atoms with van der Waals surface area (Å²) in [6, 6.07) is 0. The quantitative estimate of drug-likeness (QED) is 0.0223. The van der Waals surface area contributed by atoms with Crippen molar-refractivity contribution in [3.05, 3.63) is 0 Å². The lowest BCUT2D eigenvalue weighted by Gasteiger charge is -2.46. The van der Waals surface area contributed by atoms with E-state index >= 15 is 0 Å². The van der Waals surface area contributed by atoms with Crippen molar-refractivity contribution >= 4 is 37.0 Å². The van der Waals surface area contributed by atoms with Gasteiger partial charge in [-0.15, -0.1) is 0 Å². The monoisotopic (exact) mass is 840 g/mol. The third-order valence-corrected chi connectivity index (χ3v) is 11.0. The average Bonchev–Trinajstić information content (AvgIpc) is 3.01. The zero-order chi connectivity index (χ0) is 39.6. The van der Waals surface area contributed by atoms with Crippen LogP contribution >= 0.6 is 31.1 Å². The van der Waals surface area contributed by atoms with Crippen molar-refractivity contribution in [1.82, 2.24) is 0 Å². The van der Waals surface area contributed by atoms with Crippen LogP contribution in [-0.2, 0) is 50.6 Å². The maximum absolute atomic E-state index is 13.1. The van der Waals surface area contributed by atoms with Gasteiger partial charge in [-0.3, -0.25) is 22.9 Å². The van der Waals surface area contributed by atoms with Gasteiger partial charge in [-0.05, 0) is 6.42 Å². The Morgan fingerprint density at radius 2 is 1.02 bits per heavy atom. The van der Waals surface area contributed by atoms with Gasteiger partial charge in [0.25, 0.3) is 0 Å². The van der Waals surface area contributed by atoms with Crippen LogP contribution in [-0.4, -0.2) is 118 Å². The van der Waals surface area contributed by atoms with E-state index in [1.54, 1.807) is 0 Å². The van der Waals surface area contributed by atoms with E-state index in [4.69, 9.17) is 19.1 Å². The summed E-state index contributed by atoms with van der Waals surface area (Å²) in [7, 11) is -22.1. The first-order valence-corrected chi connectivity index (χ1v) is 23.4. The summed E-state index contributed by atoms with van der Waals surface area (Å²) < 4.78 is 76.0. The molecule has 1 aliphatic rings. The number of unbranched alkanes of at least 4 members (excludes halogenated alkanes) is 12. The summed E-state index contributed by atoms with van der Waals surface area (Å²) in [4.78, 5) is 78.9. The maximum Gasteiger partial charge on any atom is 0.470 e. The Hall–Kier alpha value is -0.210. The number of ether oxygens (including phenoxy) is 2. The second-order valence-corrected chi connectivity index (χ2v) is 18.0. The van der Waals surface area contributed by atoms with Crippen LogP contribution in [0, 0.1) is 5.92 Å². The molecule has 1 fully saturated rings. The third-order valence-electron chi connectivity index (χ3n) is 8.06. The first-order valence-electron chi connectivity index (χ1n) is 17.0. The Labute approximate surface area is 302 Å². The number of carbonyl (C=O) groups excluding carboxylic acids is 1. The molecule has 1 aliphatic carbocycles. The number of hydrogen-bond acceptors (Lipinski definition) is 14. The third kappa shape index (κ3) is 22.4. The molecule has 0 radical (unpaired) electrons. The van der Waals surface area contributed by atoms with E-state index in [0.29, 0.717) is 6.42 Å². The molecular weight excluding hydrogens is 784 g/mol. The molecule has 0 bridgehead atoms. The predicted molar refractivity (Wildman–Crippen MR) is 180 cm³/mol. The summed E-state index contributed by atoms with van der Waals surface area (Å²) in [5, 5.41) is 30.7. The minimum atomic E-state index is -5.71. The molecule has 10 N–H and O–H groups in total. The smallest absolute Gasteiger partial charge is 0.457 e. The fourth-order valence-corrected chi connectivity index (χ4v) is 8.82. The van der Waals surface area contributed by atoms with Crippen LogP contribution in [0.15, 0.2) is 0 Å². The van der Waals surface area contributed by atoms with E-state index in [9.17, 15) is 67.5 Å². The normalized spacial score (nSPS) is 24.8. The fraction of sp³-hybridized carbons (Fsp3) is 0.963. The highest BCUT2D eigenvalue weighted by molar-refractivity contribution is 7.52. The molecule has 0 amide bonds. The van der Waals surface area contributed by atoms with Crippen LogP contribution in [0.4, 0.5) is 0 Å². The first-order chi connectivity index (χ1) is 24.1. The molecule has 8 atom stereocenters. The number of phosphoric ester groups is 3. The highest BCUT2D eigenvalue weighted by atomic mass is 31.2. The van der Waals surface area contributed by atoms with Crippen molar-refractivity contribution < 1.29 is 100 Å². The largest absolute Gasteiger partial charge is 0.470 e. The number of phosphoric acid groups is 3. The van der Waals surface area contributed by atoms with Gasteiger partial charge in [-0.2, -0.15) is 0 Å². The number of hydrogen-bond donors (Lipinski definition) is 10. The SMILES string of the molecule is CCCCCCCCCCCCCCCC(=O)O[C@H](COCO)COP(=O)(O)CC1C(O)[C@H](OP(=O)(O)O)[C@H](OP(=O)(O)O)C(OP(=O)(O)O)[C@@H]1O. The molecule has 21 nitrogen and oxygen atoms in total. The van der Waals surface area contributed by atoms with Crippen LogP contribution in [0.5, 0.6) is 0 Å². The van der Waals surface area contributed by atoms with E-state index in [-0.39, 0.29) is 6.42 Å². The van der Waals surface area contributed by atoms with Crippen LogP contribution in [0.3, 0.4) is 0 Å². The molecule has 0 saturated heterocycles. The van der Waals surface area contributed by atoms with E-state index in [1.165, 1.54) is 44.9 Å². The molecule has 25 heteroatoms. The van der Waals surface area contributed by atoms with Gasteiger partial charge in [0.2, 0.25) is 0 Å². The lowest BCUT2D eigenvalue weighted by atomic mass is 9.79. The van der Waals surface area contributed by atoms with Crippen molar-refractivity contribution in [2.75, 3.05) is 26.2 Å². The average molecular weight is 841 g/mol. The van der Waals surface area contributed by atoms with Gasteiger partial charge >= 0.3 is 37.0 Å². The maximum atomic E-state index is 13.1. The molecule has 52 heavy (non-hydrogen) atoms. The van der Waals surface area contributed by atoms with Crippen LogP contribution < -0.4 is 0 Å². The van der Waals surface area contributed by atoms with Crippen LogP contribution in [0.25, 0.3) is 0 Å². The van der Waals surface area contributed by atoms with Crippen molar-refractivity contribution in [2.45, 2.75) is 133 Å². The number of carbonyl (C=O) groups is 1. The number of rotatable bonds is 29. The van der Waals surface area contributed by atoms with Gasteiger partial charge in [0.1, 0.15) is 31.2 Å². The second kappa shape index (κ2) is 24.4. The number of aliphatic hydroxyl groups is 3. The predicted octanol–water partition coefficient (Wildman–Crippen LogP) is 2.33. The van der Waals surface area contributed by atoms with E-state index in [0.717, 1.165) is 32.1 Å². The Bertz CT molecular complexity index is 1170. The molecule has 4 unspecified atom stereocenters. The van der Waals surface area contributed by atoms with Crippen molar-refractivity contribution in [1.29, 1.82) is 0 Å². The van der Waals surface area contributed by atoms with Crippen molar-refractivity contribution in [3.63, 3.8) is 0 Å². The Morgan fingerprint density at radius 1 is 0.615 bits per heavy atom. The van der Waals surface area contributed by atoms with Crippen LogP contribution in [0.2, 0.25) is 0 Å². The summed E-state index contributed by atoms with van der Waals surface area (Å²) in [6.07, 6.45) is -1.35. The minimum absolute atomic E-state index is 0.00436. The topological polar surface area (TPSA) is 343 Å². The first kappa shape index (κ1) is 49.8. The highest BCUT2D eigenvalue weighted by Crippen LogP contribution is 2.54. The van der Waals surface area contributed by atoms with Crippen LogP contribution in [0.1, 0.15) is 96.8 Å². The van der Waals surface area contributed by atoms with Gasteiger partial charge in [-0.25, -0.2) is 13.7 Å². The second-order valence-electron chi connectivity index (χ2n) is 12.5. The molecule has 0 aliphatic heterocycles. The van der Waals surface area contributed by atoms with E-state index < -0.39 is 106 Å². The summed E-state index contributed by atoms with van der Waals surface area (Å²) in [6.45, 7) is 0.0382. The molecule has 0 heterocycles. The standard InChI is InChI=1S/C27H56O21P4/c1-2-3-4-5-6-7-8-9-10-11-12-13-14-15-22(29)45-20(16-43-19-28)17-44-49(32,33)18-21-23(30)25(46-50(34,35)36)27(48-52(40,41)42)26(24(21)31)47-51(37,38)39/h20-21,23-28,30-31H,2-19H2,1H3,(H,32,33)(H2,34,35,36)(H2,37,38,39)(H2,40,41,42)/t20-,21?,23-,24?,25?,26+,27-/m1/s1. The summed E-state index contributed by atoms with van der Waals surface area (Å²) in [5.41, 5.74) is 0. The lowest BCUT2D eigenvalue weighted by Crippen LogP contribution is -2.63. The van der Waals surface area contributed by atoms with E-state index in [2.05, 4.69) is 20.5 Å². The Balaban J connectivity index is 2.81. The molecule has 0 spiro atoms. The molecule has 0 aromatic carbocycles. The number of esters is 1. The summed E-state index contributed by atoms with van der Waals surface area (Å²) >= 11 is 0. The Morgan fingerprint density at radius 3 is 1.42 bits per heavy atom. The van der Waals surface area contributed by atoms with Gasteiger partial charge in [0.05, 0.1) is 31.6 Å². The molecule has 0 aromatic heterocycles. The molecular formula is C27H56O21P4. The molecule has 1 rings (SSSR count). The molecule has 1 saturated carbocycles. The molecule has 310 valence electrons. The number of aliphatic hydroxyl groups excluding tert-OH is 3. The highest BCUT2D eigenvalue weighted by Gasteiger charge is 2.58. The van der Waals surface area contributed by atoms with Gasteiger partial charge in [0.15, 0.2) is 0 Å². The summed E-state index contributed by atoms with van der Waals surface area (Å²) in [5.74, 6) is -2.83. The van der Waals surface area contributed by atoms with E-state index in [1.807, 2.05) is 0 Å². The van der Waals surface area contributed by atoms with Gasteiger partial charge < -0.3 is 63.6 Å². The zero-order valence-electron chi connectivity index (χ0n) is 29.0. The lowest BCUT2D eigenvalue weighted by molar-refractivity contribution is -0.188. The molecule has 0 aromatic rings. The van der Waals surface area contributed by atoms with Gasteiger partial charge in [0, 0.05) is 12.3 Å². The fourth-order valence-electron chi connectivity index (χ4n) is 5.67. The zero-order valence-corrected chi connectivity index (χ0v) is 32.6. The van der Waals surface area contributed by atoms with Crippen molar-refractivity contribution in [3.8, 4) is 0 Å². The minimum Gasteiger partial charge on any atom is -0.457 e. The Kier molecular flexibility index (Phi) is 23.4.